The molecule has 1 aliphatic carbocycles. The van der Waals surface area contributed by atoms with Gasteiger partial charge in [0.2, 0.25) is 0 Å². The molecule has 1 unspecified atom stereocenters. The first-order valence-corrected chi connectivity index (χ1v) is 10.2. The minimum absolute atomic E-state index is 0.0136. The number of carbonyl (C=O) groups is 1. The lowest BCUT2D eigenvalue weighted by molar-refractivity contribution is 0.0698. The van der Waals surface area contributed by atoms with Gasteiger partial charge in [-0.15, -0.1) is 0 Å². The molecular formula is C21H30N4O2. The van der Waals surface area contributed by atoms with E-state index in [-0.39, 0.29) is 5.91 Å². The van der Waals surface area contributed by atoms with Crippen LogP contribution in [0.4, 0.5) is 0 Å². The second kappa shape index (κ2) is 7.50. The SMILES string of the molecule is Cc1ccc(-c2cc(C(=O)N3CCCN(CC4CC4)C(C(C)C)C3)n[nH]2)o1. The number of rotatable bonds is 5. The molecule has 6 nitrogen and oxygen atoms in total. The van der Waals surface area contributed by atoms with E-state index in [0.29, 0.717) is 23.4 Å². The lowest BCUT2D eigenvalue weighted by Crippen LogP contribution is -2.46. The maximum atomic E-state index is 13.1. The van der Waals surface area contributed by atoms with E-state index in [4.69, 9.17) is 4.42 Å². The predicted octanol–water partition coefficient (Wildman–Crippen LogP) is 3.56. The summed E-state index contributed by atoms with van der Waals surface area (Å²) >= 11 is 0. The van der Waals surface area contributed by atoms with E-state index in [1.54, 1.807) is 6.07 Å². The second-order valence-corrected chi connectivity index (χ2v) is 8.43. The Bertz CT molecular complexity index is 790. The van der Waals surface area contributed by atoms with Crippen molar-refractivity contribution in [2.75, 3.05) is 26.2 Å². The van der Waals surface area contributed by atoms with Crippen molar-refractivity contribution >= 4 is 5.91 Å². The van der Waals surface area contributed by atoms with Gasteiger partial charge in [0.15, 0.2) is 11.5 Å². The number of furan rings is 1. The van der Waals surface area contributed by atoms with Crippen LogP contribution in [0, 0.1) is 18.8 Å². The first-order valence-electron chi connectivity index (χ1n) is 10.2. The van der Waals surface area contributed by atoms with Crippen molar-refractivity contribution in [2.24, 2.45) is 11.8 Å². The first-order chi connectivity index (χ1) is 13.0. The molecule has 146 valence electrons. The highest BCUT2D eigenvalue weighted by molar-refractivity contribution is 5.93. The number of aromatic nitrogens is 2. The molecule has 2 aromatic rings. The van der Waals surface area contributed by atoms with E-state index in [9.17, 15) is 4.79 Å². The second-order valence-electron chi connectivity index (χ2n) is 8.43. The van der Waals surface area contributed by atoms with Crippen molar-refractivity contribution in [1.82, 2.24) is 20.0 Å². The lowest BCUT2D eigenvalue weighted by Gasteiger charge is -2.34. The Kier molecular flexibility index (Phi) is 5.08. The van der Waals surface area contributed by atoms with Crippen LogP contribution < -0.4 is 0 Å². The summed E-state index contributed by atoms with van der Waals surface area (Å²) in [6, 6.07) is 6.03. The minimum Gasteiger partial charge on any atom is -0.460 e. The normalized spacial score (nSPS) is 21.6. The highest BCUT2D eigenvalue weighted by Crippen LogP contribution is 2.32. The molecule has 1 saturated carbocycles. The average molecular weight is 370 g/mol. The third-order valence-electron chi connectivity index (χ3n) is 5.80. The van der Waals surface area contributed by atoms with Crippen LogP contribution in [0.2, 0.25) is 0 Å². The zero-order valence-corrected chi connectivity index (χ0v) is 16.6. The quantitative estimate of drug-likeness (QED) is 0.874. The fourth-order valence-electron chi connectivity index (χ4n) is 4.04. The molecule has 2 aliphatic rings. The van der Waals surface area contributed by atoms with Crippen LogP contribution in [0.3, 0.4) is 0 Å². The summed E-state index contributed by atoms with van der Waals surface area (Å²) < 4.78 is 5.63. The van der Waals surface area contributed by atoms with E-state index in [1.807, 2.05) is 24.0 Å². The monoisotopic (exact) mass is 370 g/mol. The molecule has 0 radical (unpaired) electrons. The van der Waals surface area contributed by atoms with Gasteiger partial charge in [0.1, 0.15) is 11.5 Å². The number of nitrogens with zero attached hydrogens (tertiary/aromatic N) is 3. The van der Waals surface area contributed by atoms with E-state index in [1.165, 1.54) is 19.4 Å². The third-order valence-corrected chi connectivity index (χ3v) is 5.80. The number of aromatic amines is 1. The summed E-state index contributed by atoms with van der Waals surface area (Å²) in [5.74, 6) is 2.97. The summed E-state index contributed by atoms with van der Waals surface area (Å²) in [5, 5.41) is 7.21. The largest absolute Gasteiger partial charge is 0.460 e. The van der Waals surface area contributed by atoms with Crippen molar-refractivity contribution in [3.05, 3.63) is 29.7 Å². The van der Waals surface area contributed by atoms with Crippen molar-refractivity contribution in [2.45, 2.75) is 46.1 Å². The summed E-state index contributed by atoms with van der Waals surface area (Å²) in [4.78, 5) is 17.7. The van der Waals surface area contributed by atoms with Crippen LogP contribution in [0.15, 0.2) is 22.6 Å². The van der Waals surface area contributed by atoms with Gasteiger partial charge in [0.05, 0.1) is 0 Å². The molecule has 1 amide bonds. The summed E-state index contributed by atoms with van der Waals surface area (Å²) in [7, 11) is 0. The molecule has 27 heavy (non-hydrogen) atoms. The Morgan fingerprint density at radius 1 is 1.33 bits per heavy atom. The highest BCUT2D eigenvalue weighted by atomic mass is 16.3. The van der Waals surface area contributed by atoms with Gasteiger partial charge in [-0.25, -0.2) is 0 Å². The van der Waals surface area contributed by atoms with Crippen molar-refractivity contribution in [1.29, 1.82) is 0 Å². The van der Waals surface area contributed by atoms with Crippen molar-refractivity contribution < 1.29 is 9.21 Å². The number of carbonyl (C=O) groups excluding carboxylic acids is 1. The Morgan fingerprint density at radius 3 is 2.81 bits per heavy atom. The van der Waals surface area contributed by atoms with Gasteiger partial charge in [-0.2, -0.15) is 5.10 Å². The molecule has 1 atom stereocenters. The van der Waals surface area contributed by atoms with Gasteiger partial charge in [-0.05, 0) is 50.2 Å². The van der Waals surface area contributed by atoms with E-state index in [2.05, 4.69) is 28.9 Å². The number of aryl methyl sites for hydroxylation is 1. The molecule has 6 heteroatoms. The molecule has 0 bridgehead atoms. The molecule has 1 saturated heterocycles. The lowest BCUT2D eigenvalue weighted by atomic mass is 10.0. The maximum Gasteiger partial charge on any atom is 0.274 e. The smallest absolute Gasteiger partial charge is 0.274 e. The summed E-state index contributed by atoms with van der Waals surface area (Å²) in [6.45, 7) is 10.3. The molecule has 0 spiro atoms. The number of H-pyrrole nitrogens is 1. The highest BCUT2D eigenvalue weighted by Gasteiger charge is 2.34. The molecule has 1 N–H and O–H groups in total. The molecule has 0 aromatic carbocycles. The Hall–Kier alpha value is -2.08. The topological polar surface area (TPSA) is 65.4 Å². The van der Waals surface area contributed by atoms with Gasteiger partial charge in [0, 0.05) is 38.3 Å². The summed E-state index contributed by atoms with van der Waals surface area (Å²) in [5.41, 5.74) is 1.22. The van der Waals surface area contributed by atoms with E-state index >= 15 is 0 Å². The van der Waals surface area contributed by atoms with Crippen LogP contribution in [0.25, 0.3) is 11.5 Å². The zero-order chi connectivity index (χ0) is 19.0. The standard InChI is InChI=1S/C21H30N4O2/c1-14(2)19-13-25(10-4-9-24(19)12-16-6-7-16)21(26)18-11-17(22-23-18)20-8-5-15(3)27-20/h5,8,11,14,16,19H,4,6-7,9-10,12-13H2,1-3H3,(H,22,23). The van der Waals surface area contributed by atoms with Crippen LogP contribution >= 0.6 is 0 Å². The third kappa shape index (κ3) is 4.10. The zero-order valence-electron chi connectivity index (χ0n) is 16.6. The van der Waals surface area contributed by atoms with Gasteiger partial charge < -0.3 is 9.32 Å². The van der Waals surface area contributed by atoms with Crippen LogP contribution in [-0.4, -0.2) is 58.1 Å². The number of amides is 1. The number of hydrogen-bond donors (Lipinski definition) is 1. The first kappa shape index (κ1) is 18.3. The average Bonchev–Trinajstić information content (AvgIpc) is 3.20. The summed E-state index contributed by atoms with van der Waals surface area (Å²) in [6.07, 6.45) is 3.76. The Morgan fingerprint density at radius 2 is 2.15 bits per heavy atom. The maximum absolute atomic E-state index is 13.1. The Labute approximate surface area is 160 Å². The van der Waals surface area contributed by atoms with Crippen LogP contribution in [-0.2, 0) is 0 Å². The van der Waals surface area contributed by atoms with Gasteiger partial charge in [0.25, 0.3) is 5.91 Å². The van der Waals surface area contributed by atoms with Crippen molar-refractivity contribution in [3.63, 3.8) is 0 Å². The molecule has 1 aliphatic heterocycles. The number of hydrogen-bond acceptors (Lipinski definition) is 4. The number of nitrogens with one attached hydrogen (secondary N) is 1. The van der Waals surface area contributed by atoms with Gasteiger partial charge in [-0.1, -0.05) is 13.8 Å². The van der Waals surface area contributed by atoms with Crippen molar-refractivity contribution in [3.8, 4) is 11.5 Å². The van der Waals surface area contributed by atoms with Gasteiger partial charge >= 0.3 is 0 Å². The van der Waals surface area contributed by atoms with E-state index in [0.717, 1.165) is 43.4 Å². The fourth-order valence-corrected chi connectivity index (χ4v) is 4.04. The van der Waals surface area contributed by atoms with Crippen LogP contribution in [0.1, 0.15) is 49.4 Å². The van der Waals surface area contributed by atoms with Gasteiger partial charge in [-0.3, -0.25) is 14.8 Å². The minimum atomic E-state index is 0.0136. The van der Waals surface area contributed by atoms with E-state index < -0.39 is 0 Å². The van der Waals surface area contributed by atoms with Crippen LogP contribution in [0.5, 0.6) is 0 Å². The molecule has 4 rings (SSSR count). The Balaban J connectivity index is 1.48. The predicted molar refractivity (Wildman–Crippen MR) is 104 cm³/mol. The fraction of sp³-hybridized carbons (Fsp3) is 0.619. The molecule has 2 fully saturated rings. The molecule has 2 aromatic heterocycles. The molecular weight excluding hydrogens is 340 g/mol. The molecule has 3 heterocycles.